The van der Waals surface area contributed by atoms with Gasteiger partial charge in [0.2, 0.25) is 5.91 Å². The van der Waals surface area contributed by atoms with Gasteiger partial charge in [0.25, 0.3) is 0 Å². The monoisotopic (exact) mass is 766 g/mol. The van der Waals surface area contributed by atoms with Crippen molar-refractivity contribution >= 4 is 5.91 Å². The fourth-order valence-corrected chi connectivity index (χ4v) is 6.06. The minimum Gasteiger partial charge on any atom is -0.394 e. The minimum absolute atomic E-state index is 0.228. The number of carbonyl (C=O) groups is 1. The molecule has 1 heterocycles. The highest BCUT2D eigenvalue weighted by Gasteiger charge is 2.44. The number of carbonyl (C=O) groups excluding carboxylic acids is 1. The summed E-state index contributed by atoms with van der Waals surface area (Å²) >= 11 is 0. The van der Waals surface area contributed by atoms with Crippen LogP contribution in [0.1, 0.15) is 136 Å². The first-order valence-electron chi connectivity index (χ1n) is 20.7. The predicted molar refractivity (Wildman–Crippen MR) is 214 cm³/mol. The Hall–Kier alpha value is -2.19. The van der Waals surface area contributed by atoms with Crippen molar-refractivity contribution in [2.24, 2.45) is 0 Å². The SMILES string of the molecule is CC/C=C/CC/C=C/CC/C=C/CCCC(O)C(O)C(COC1OC(CO)C(O)C(O)C1O)NC(=O)C(O)CCCCCCC/C=C\C=C/CCCCC. The second-order valence-corrected chi connectivity index (χ2v) is 14.3. The molecule has 11 nitrogen and oxygen atoms in total. The Balaban J connectivity index is 2.58. The van der Waals surface area contributed by atoms with Crippen LogP contribution in [0.2, 0.25) is 0 Å². The number of hydrogen-bond donors (Lipinski definition) is 8. The molecule has 1 rings (SSSR count). The lowest BCUT2D eigenvalue weighted by atomic mass is 9.98. The highest BCUT2D eigenvalue weighted by atomic mass is 16.7. The van der Waals surface area contributed by atoms with Gasteiger partial charge >= 0.3 is 0 Å². The van der Waals surface area contributed by atoms with Crippen molar-refractivity contribution in [2.75, 3.05) is 13.2 Å². The average Bonchev–Trinajstić information content (AvgIpc) is 3.17. The predicted octanol–water partition coefficient (Wildman–Crippen LogP) is 5.60. The summed E-state index contributed by atoms with van der Waals surface area (Å²) in [5, 5.41) is 75.3. The van der Waals surface area contributed by atoms with Crippen molar-refractivity contribution in [3.8, 4) is 0 Å². The van der Waals surface area contributed by atoms with E-state index in [4.69, 9.17) is 9.47 Å². The molecule has 1 amide bonds. The number of amides is 1. The van der Waals surface area contributed by atoms with Crippen LogP contribution < -0.4 is 5.32 Å². The second-order valence-electron chi connectivity index (χ2n) is 14.3. The molecule has 0 bridgehead atoms. The molecule has 54 heavy (non-hydrogen) atoms. The largest absolute Gasteiger partial charge is 0.394 e. The van der Waals surface area contributed by atoms with Crippen molar-refractivity contribution in [1.29, 1.82) is 0 Å². The molecule has 11 heteroatoms. The number of rotatable bonds is 32. The van der Waals surface area contributed by atoms with Gasteiger partial charge in [0.05, 0.1) is 25.4 Å². The summed E-state index contributed by atoms with van der Waals surface area (Å²) in [6.07, 6.45) is 27.0. The molecule has 312 valence electrons. The first-order chi connectivity index (χ1) is 26.2. The van der Waals surface area contributed by atoms with Crippen molar-refractivity contribution in [1.82, 2.24) is 5.32 Å². The van der Waals surface area contributed by atoms with Gasteiger partial charge in [-0.3, -0.25) is 4.79 Å². The average molecular weight is 766 g/mol. The Labute approximate surface area is 325 Å². The maximum Gasteiger partial charge on any atom is 0.249 e. The van der Waals surface area contributed by atoms with E-state index in [0.717, 1.165) is 70.6 Å². The van der Waals surface area contributed by atoms with Gasteiger partial charge in [-0.15, -0.1) is 0 Å². The van der Waals surface area contributed by atoms with E-state index in [2.05, 4.69) is 73.8 Å². The van der Waals surface area contributed by atoms with Gasteiger partial charge in [-0.2, -0.15) is 0 Å². The lowest BCUT2D eigenvalue weighted by Gasteiger charge is -2.40. The maximum atomic E-state index is 13.0. The molecule has 1 aliphatic rings. The lowest BCUT2D eigenvalue weighted by Crippen LogP contribution is -2.60. The summed E-state index contributed by atoms with van der Waals surface area (Å²) in [4.78, 5) is 13.0. The Morgan fingerprint density at radius 2 is 1.22 bits per heavy atom. The van der Waals surface area contributed by atoms with Crippen molar-refractivity contribution in [2.45, 2.75) is 191 Å². The second kappa shape index (κ2) is 33.0. The van der Waals surface area contributed by atoms with Crippen LogP contribution in [0.5, 0.6) is 0 Å². The Kier molecular flexibility index (Phi) is 30.4. The van der Waals surface area contributed by atoms with Gasteiger partial charge < -0.3 is 50.5 Å². The fraction of sp³-hybridized carbons (Fsp3) is 0.744. The summed E-state index contributed by atoms with van der Waals surface area (Å²) in [5.74, 6) is -0.731. The van der Waals surface area contributed by atoms with E-state index >= 15 is 0 Å². The Morgan fingerprint density at radius 3 is 1.83 bits per heavy atom. The zero-order valence-corrected chi connectivity index (χ0v) is 33.2. The molecular formula is C43H75NO10. The molecule has 0 aromatic rings. The summed E-state index contributed by atoms with van der Waals surface area (Å²) in [6, 6.07) is -1.20. The molecule has 0 radical (unpaired) electrons. The number of aliphatic hydroxyl groups is 7. The van der Waals surface area contributed by atoms with Gasteiger partial charge in [0, 0.05) is 0 Å². The maximum absolute atomic E-state index is 13.0. The standard InChI is InChI=1S/C43H75NO10/c1-3-5-7-9-11-13-15-17-19-21-23-25-27-29-31-36(47)42(52)44-34(33-53-43-41(51)40(50)39(49)37(32-45)54-43)38(48)35(46)30-28-26-24-22-20-18-16-14-12-10-8-6-4-2/h6,8,11,13-17,22,24,34-41,43,45-51H,3-5,7,9-10,12,18-21,23,25-33H2,1-2H3,(H,44,52)/b8-6+,13-11-,16-14+,17-15-,24-22+. The number of nitrogens with one attached hydrogen (secondary N) is 1. The van der Waals surface area contributed by atoms with Crippen LogP contribution in [0.4, 0.5) is 0 Å². The van der Waals surface area contributed by atoms with Crippen molar-refractivity contribution in [3.05, 3.63) is 60.8 Å². The number of unbranched alkanes of at least 4 members (excludes halogenated alkanes) is 11. The van der Waals surface area contributed by atoms with Crippen LogP contribution in [0, 0.1) is 0 Å². The molecule has 1 fully saturated rings. The summed E-state index contributed by atoms with van der Waals surface area (Å²) in [7, 11) is 0. The number of hydrogen-bond acceptors (Lipinski definition) is 10. The van der Waals surface area contributed by atoms with Gasteiger partial charge in [0.1, 0.15) is 36.6 Å². The lowest BCUT2D eigenvalue weighted by molar-refractivity contribution is -0.303. The van der Waals surface area contributed by atoms with Crippen LogP contribution in [0.3, 0.4) is 0 Å². The van der Waals surface area contributed by atoms with E-state index in [1.54, 1.807) is 0 Å². The van der Waals surface area contributed by atoms with Crippen LogP contribution in [0.25, 0.3) is 0 Å². The molecule has 9 unspecified atom stereocenters. The van der Waals surface area contributed by atoms with Crippen LogP contribution >= 0.6 is 0 Å². The Bertz CT molecular complexity index is 1060. The molecular weight excluding hydrogens is 690 g/mol. The smallest absolute Gasteiger partial charge is 0.249 e. The summed E-state index contributed by atoms with van der Waals surface area (Å²) in [5.41, 5.74) is 0. The highest BCUT2D eigenvalue weighted by molar-refractivity contribution is 5.80. The van der Waals surface area contributed by atoms with Gasteiger partial charge in [0.15, 0.2) is 6.29 Å². The molecule has 0 aliphatic carbocycles. The highest BCUT2D eigenvalue weighted by Crippen LogP contribution is 2.23. The number of allylic oxidation sites excluding steroid dienone is 10. The van der Waals surface area contributed by atoms with Crippen molar-refractivity contribution in [3.63, 3.8) is 0 Å². The van der Waals surface area contributed by atoms with E-state index in [0.29, 0.717) is 19.3 Å². The first-order valence-corrected chi connectivity index (χ1v) is 20.7. The zero-order valence-electron chi connectivity index (χ0n) is 33.2. The summed E-state index contributed by atoms with van der Waals surface area (Å²) < 4.78 is 11.0. The van der Waals surface area contributed by atoms with Gasteiger partial charge in [-0.05, 0) is 83.5 Å². The van der Waals surface area contributed by atoms with Gasteiger partial charge in [-0.1, -0.05) is 113 Å². The van der Waals surface area contributed by atoms with Crippen LogP contribution in [0.15, 0.2) is 60.8 Å². The molecule has 1 aliphatic heterocycles. The third-order valence-electron chi connectivity index (χ3n) is 9.54. The molecule has 0 aromatic carbocycles. The van der Waals surface area contributed by atoms with E-state index in [-0.39, 0.29) is 12.8 Å². The molecule has 0 aromatic heterocycles. The number of ether oxygens (including phenoxy) is 2. The number of aliphatic hydroxyl groups excluding tert-OH is 7. The van der Waals surface area contributed by atoms with Crippen molar-refractivity contribution < 1.29 is 50.0 Å². The third kappa shape index (κ3) is 23.0. The summed E-state index contributed by atoms with van der Waals surface area (Å²) in [6.45, 7) is 3.23. The third-order valence-corrected chi connectivity index (χ3v) is 9.54. The fourth-order valence-electron chi connectivity index (χ4n) is 6.06. The molecule has 0 spiro atoms. The quantitative estimate of drug-likeness (QED) is 0.0243. The van der Waals surface area contributed by atoms with E-state index in [1.807, 2.05) is 6.08 Å². The zero-order chi connectivity index (χ0) is 39.8. The molecule has 9 atom stereocenters. The minimum atomic E-state index is -1.68. The van der Waals surface area contributed by atoms with Crippen LogP contribution in [-0.2, 0) is 14.3 Å². The first kappa shape index (κ1) is 49.8. The normalized spacial score (nSPS) is 23.3. The Morgan fingerprint density at radius 1 is 0.667 bits per heavy atom. The van der Waals surface area contributed by atoms with E-state index in [1.165, 1.54) is 19.3 Å². The molecule has 1 saturated heterocycles. The van der Waals surface area contributed by atoms with Crippen LogP contribution in [-0.4, -0.2) is 110 Å². The topological polar surface area (TPSA) is 189 Å². The van der Waals surface area contributed by atoms with E-state index in [9.17, 15) is 40.5 Å². The molecule has 8 N–H and O–H groups in total. The van der Waals surface area contributed by atoms with Gasteiger partial charge in [-0.25, -0.2) is 0 Å². The van der Waals surface area contributed by atoms with E-state index < -0.39 is 74.2 Å². The molecule has 0 saturated carbocycles.